The first-order valence-electron chi connectivity index (χ1n) is 8.44. The number of benzene rings is 2. The maximum Gasteiger partial charge on any atom is 0.346 e. The third-order valence-corrected chi connectivity index (χ3v) is 6.11. The van der Waals surface area contributed by atoms with Crippen molar-refractivity contribution in [3.05, 3.63) is 58.2 Å². The minimum atomic E-state index is -1.05. The smallest absolute Gasteiger partial charge is 0.346 e. The molecule has 0 spiro atoms. The van der Waals surface area contributed by atoms with Gasteiger partial charge in [-0.2, -0.15) is 0 Å². The number of thiophene rings is 1. The van der Waals surface area contributed by atoms with Gasteiger partial charge in [-0.25, -0.2) is 9.18 Å². The van der Waals surface area contributed by atoms with Gasteiger partial charge in [0.2, 0.25) is 0 Å². The van der Waals surface area contributed by atoms with Gasteiger partial charge in [-0.1, -0.05) is 18.2 Å². The molecule has 7 heteroatoms. The average Bonchev–Trinajstić information content (AvgIpc) is 3.02. The van der Waals surface area contributed by atoms with Gasteiger partial charge in [-0.15, -0.1) is 20.6 Å². The van der Waals surface area contributed by atoms with E-state index in [1.54, 1.807) is 26.2 Å². The zero-order chi connectivity index (χ0) is 20.6. The van der Waals surface area contributed by atoms with Gasteiger partial charge < -0.3 is 14.6 Å². The van der Waals surface area contributed by atoms with Crippen LogP contribution in [0.4, 0.5) is 4.39 Å². The molecule has 1 aromatic heterocycles. The molecule has 28 heavy (non-hydrogen) atoms. The number of ether oxygens (including phenoxy) is 2. The highest BCUT2D eigenvalue weighted by molar-refractivity contribution is 7.27. The Balaban J connectivity index is 2.07. The predicted molar refractivity (Wildman–Crippen MR) is 115 cm³/mol. The van der Waals surface area contributed by atoms with Crippen LogP contribution in [0.1, 0.15) is 33.3 Å². The van der Waals surface area contributed by atoms with Crippen molar-refractivity contribution < 1.29 is 23.8 Å². The van der Waals surface area contributed by atoms with Crippen molar-refractivity contribution in [1.82, 2.24) is 0 Å². The molecule has 0 fully saturated rings. The van der Waals surface area contributed by atoms with Crippen molar-refractivity contribution >= 4 is 47.5 Å². The second kappa shape index (κ2) is 7.90. The van der Waals surface area contributed by atoms with E-state index in [2.05, 4.69) is 15.8 Å². The topological polar surface area (TPSA) is 55.8 Å². The van der Waals surface area contributed by atoms with Crippen LogP contribution in [0.15, 0.2) is 30.8 Å². The Morgan fingerprint density at radius 1 is 1.36 bits per heavy atom. The summed E-state index contributed by atoms with van der Waals surface area (Å²) in [6, 6.07) is 6.81. The van der Waals surface area contributed by atoms with Gasteiger partial charge >= 0.3 is 5.97 Å². The minimum absolute atomic E-state index is 0.0691. The summed E-state index contributed by atoms with van der Waals surface area (Å²) in [5.74, 6) is -0.893. The molecule has 0 aliphatic rings. The molecule has 3 rings (SSSR count). The SMILES string of the molecule is C=C(C)c1cc(F)c(OCc2c(C(=O)O)sc3c(OC)ccc(C)c23)c(P)c1. The molecule has 0 bridgehead atoms. The van der Waals surface area contributed by atoms with Gasteiger partial charge in [-0.3, -0.25) is 0 Å². The summed E-state index contributed by atoms with van der Waals surface area (Å²) in [7, 11) is 3.99. The third-order valence-electron chi connectivity index (χ3n) is 4.45. The number of allylic oxidation sites excluding steroid dienone is 1. The molecular formula is C21H20FO4PS. The summed E-state index contributed by atoms with van der Waals surface area (Å²) in [6.45, 7) is 7.45. The van der Waals surface area contributed by atoms with Crippen molar-refractivity contribution in [2.45, 2.75) is 20.5 Å². The number of fused-ring (bicyclic) bond motifs is 1. The molecule has 1 N–H and O–H groups in total. The van der Waals surface area contributed by atoms with Crippen LogP contribution in [0.25, 0.3) is 15.7 Å². The monoisotopic (exact) mass is 418 g/mol. The van der Waals surface area contributed by atoms with Crippen molar-refractivity contribution in [2.24, 2.45) is 0 Å². The number of halogens is 1. The van der Waals surface area contributed by atoms with E-state index in [1.165, 1.54) is 6.07 Å². The lowest BCUT2D eigenvalue weighted by molar-refractivity contribution is 0.0699. The molecule has 1 unspecified atom stereocenters. The van der Waals surface area contributed by atoms with Crippen LogP contribution < -0.4 is 14.8 Å². The van der Waals surface area contributed by atoms with E-state index in [1.807, 2.05) is 13.0 Å². The Bertz CT molecular complexity index is 1080. The number of carboxylic acid groups (broad SMARTS) is 1. The van der Waals surface area contributed by atoms with Crippen molar-refractivity contribution in [3.63, 3.8) is 0 Å². The number of methoxy groups -OCH3 is 1. The predicted octanol–water partition coefficient (Wildman–Crippen LogP) is 5.17. The van der Waals surface area contributed by atoms with Crippen molar-refractivity contribution in [3.8, 4) is 11.5 Å². The first-order chi connectivity index (χ1) is 13.2. The molecule has 4 nitrogen and oxygen atoms in total. The lowest BCUT2D eigenvalue weighted by atomic mass is 10.1. The summed E-state index contributed by atoms with van der Waals surface area (Å²) >= 11 is 1.13. The fourth-order valence-corrected chi connectivity index (χ4v) is 4.66. The quantitative estimate of drug-likeness (QED) is 0.562. The number of aromatic carboxylic acids is 1. The van der Waals surface area contributed by atoms with E-state index in [-0.39, 0.29) is 17.2 Å². The third kappa shape index (κ3) is 3.62. The highest BCUT2D eigenvalue weighted by atomic mass is 32.1. The lowest BCUT2D eigenvalue weighted by Gasteiger charge is -2.13. The van der Waals surface area contributed by atoms with Gasteiger partial charge in [0.05, 0.1) is 11.8 Å². The van der Waals surface area contributed by atoms with Crippen LogP contribution in [0, 0.1) is 12.7 Å². The van der Waals surface area contributed by atoms with Gasteiger partial charge in [0.25, 0.3) is 0 Å². The maximum atomic E-state index is 14.6. The van der Waals surface area contributed by atoms with Crippen LogP contribution in [-0.4, -0.2) is 18.2 Å². The van der Waals surface area contributed by atoms with Crippen LogP contribution in [0.3, 0.4) is 0 Å². The average molecular weight is 418 g/mol. The normalized spacial score (nSPS) is 10.9. The van der Waals surface area contributed by atoms with Crippen LogP contribution in [-0.2, 0) is 6.61 Å². The number of hydrogen-bond acceptors (Lipinski definition) is 4. The molecule has 1 heterocycles. The number of carboxylic acids is 1. The van der Waals surface area contributed by atoms with Crippen LogP contribution in [0.2, 0.25) is 0 Å². The van der Waals surface area contributed by atoms with Crippen molar-refractivity contribution in [2.75, 3.05) is 7.11 Å². The molecule has 2 aromatic carbocycles. The van der Waals surface area contributed by atoms with E-state index in [4.69, 9.17) is 9.47 Å². The Hall–Kier alpha value is -2.43. The molecule has 0 aliphatic carbocycles. The fraction of sp³-hybridized carbons (Fsp3) is 0.190. The fourth-order valence-electron chi connectivity index (χ4n) is 3.04. The molecule has 0 aliphatic heterocycles. The van der Waals surface area contributed by atoms with E-state index in [0.717, 1.165) is 32.6 Å². The molecule has 1 atom stereocenters. The maximum absolute atomic E-state index is 14.6. The molecule has 3 aromatic rings. The summed E-state index contributed by atoms with van der Waals surface area (Å²) in [4.78, 5) is 12.0. The van der Waals surface area contributed by atoms with Crippen molar-refractivity contribution in [1.29, 1.82) is 0 Å². The van der Waals surface area contributed by atoms with Gasteiger partial charge in [0.15, 0.2) is 11.6 Å². The summed E-state index contributed by atoms with van der Waals surface area (Å²) in [6.07, 6.45) is 0. The van der Waals surface area contributed by atoms with Crippen LogP contribution in [0.5, 0.6) is 11.5 Å². The molecule has 146 valence electrons. The van der Waals surface area contributed by atoms with E-state index in [0.29, 0.717) is 22.2 Å². The zero-order valence-corrected chi connectivity index (χ0v) is 17.7. The number of rotatable bonds is 6. The Morgan fingerprint density at radius 3 is 2.64 bits per heavy atom. The highest BCUT2D eigenvalue weighted by Crippen LogP contribution is 2.40. The number of carbonyl (C=O) groups is 1. The standard InChI is InChI=1S/C21H20FO4PS/c1-10(2)12-7-14(22)18(16(27)8-12)26-9-13-17-11(3)5-6-15(25-4)20(17)28-19(13)21(23)24/h5-8H,1,9,27H2,2-4H3,(H,23,24). The van der Waals surface area contributed by atoms with E-state index < -0.39 is 11.8 Å². The minimum Gasteiger partial charge on any atom is -0.495 e. The Morgan fingerprint density at radius 2 is 2.07 bits per heavy atom. The summed E-state index contributed by atoms with van der Waals surface area (Å²) < 4.78 is 26.4. The van der Waals surface area contributed by atoms with E-state index in [9.17, 15) is 14.3 Å². The zero-order valence-electron chi connectivity index (χ0n) is 15.8. The summed E-state index contributed by atoms with van der Waals surface area (Å²) in [5.41, 5.74) is 2.84. The molecular weight excluding hydrogens is 398 g/mol. The van der Waals surface area contributed by atoms with Gasteiger partial charge in [0, 0.05) is 16.3 Å². The van der Waals surface area contributed by atoms with E-state index >= 15 is 0 Å². The Kier molecular flexibility index (Phi) is 5.73. The summed E-state index contributed by atoms with van der Waals surface area (Å²) in [5, 5.41) is 11.0. The number of hydrogen-bond donors (Lipinski definition) is 1. The largest absolute Gasteiger partial charge is 0.495 e. The molecule has 0 saturated carbocycles. The number of aryl methyl sites for hydroxylation is 1. The second-order valence-corrected chi connectivity index (χ2v) is 8.09. The van der Waals surface area contributed by atoms with Gasteiger partial charge in [-0.05, 0) is 43.2 Å². The molecule has 0 saturated heterocycles. The highest BCUT2D eigenvalue weighted by Gasteiger charge is 2.23. The first-order valence-corrected chi connectivity index (χ1v) is 9.84. The first kappa shape index (κ1) is 20.3. The Labute approximate surface area is 168 Å². The molecule has 0 radical (unpaired) electrons. The van der Waals surface area contributed by atoms with Crippen LogP contribution >= 0.6 is 20.6 Å². The second-order valence-electron chi connectivity index (χ2n) is 6.45. The lowest BCUT2D eigenvalue weighted by Crippen LogP contribution is -2.09. The van der Waals surface area contributed by atoms with Gasteiger partial charge in [0.1, 0.15) is 17.2 Å². The molecule has 0 amide bonds.